The number of nitrogens with zero attached hydrogens (tertiary/aromatic N) is 3. The molecule has 1 heterocycles. The lowest BCUT2D eigenvalue weighted by Gasteiger charge is -2.10. The SMILES string of the molecule is COc1cc(/C=N/NC(=O)Cn2nc(C)cc2C)ccc1OC(=O)c1ccccc1F. The Hall–Kier alpha value is -4.01. The molecule has 0 saturated carbocycles. The number of benzene rings is 2. The van der Waals surface area contributed by atoms with E-state index in [4.69, 9.17) is 9.47 Å². The molecule has 0 radical (unpaired) electrons. The molecule has 0 unspecified atom stereocenters. The third-order valence-electron chi connectivity index (χ3n) is 4.28. The van der Waals surface area contributed by atoms with Crippen molar-refractivity contribution in [3.05, 3.63) is 76.9 Å². The number of nitrogens with one attached hydrogen (secondary N) is 1. The van der Waals surface area contributed by atoms with Crippen molar-refractivity contribution in [3.63, 3.8) is 0 Å². The van der Waals surface area contributed by atoms with Crippen LogP contribution in [0.3, 0.4) is 0 Å². The number of hydrazone groups is 1. The van der Waals surface area contributed by atoms with E-state index in [-0.39, 0.29) is 29.5 Å². The van der Waals surface area contributed by atoms with Crippen molar-refractivity contribution < 1.29 is 23.5 Å². The number of hydrogen-bond acceptors (Lipinski definition) is 6. The molecule has 3 rings (SSSR count). The van der Waals surface area contributed by atoms with Crippen LogP contribution in [0.2, 0.25) is 0 Å². The van der Waals surface area contributed by atoms with Crippen LogP contribution in [0.4, 0.5) is 4.39 Å². The van der Waals surface area contributed by atoms with Crippen LogP contribution in [-0.2, 0) is 11.3 Å². The van der Waals surface area contributed by atoms with Crippen molar-refractivity contribution in [2.45, 2.75) is 20.4 Å². The third kappa shape index (κ3) is 5.53. The van der Waals surface area contributed by atoms with Crippen molar-refractivity contribution in [1.82, 2.24) is 15.2 Å². The fourth-order valence-corrected chi connectivity index (χ4v) is 2.82. The number of carbonyl (C=O) groups is 2. The van der Waals surface area contributed by atoms with Gasteiger partial charge in [0.15, 0.2) is 11.5 Å². The van der Waals surface area contributed by atoms with Crippen molar-refractivity contribution in [2.75, 3.05) is 7.11 Å². The van der Waals surface area contributed by atoms with Gasteiger partial charge in [-0.15, -0.1) is 0 Å². The van der Waals surface area contributed by atoms with Crippen LogP contribution < -0.4 is 14.9 Å². The van der Waals surface area contributed by atoms with Gasteiger partial charge in [-0.05, 0) is 55.8 Å². The summed E-state index contributed by atoms with van der Waals surface area (Å²) in [6.07, 6.45) is 1.42. The second-order valence-corrected chi connectivity index (χ2v) is 6.66. The van der Waals surface area contributed by atoms with Crippen LogP contribution in [-0.4, -0.2) is 35.0 Å². The topological polar surface area (TPSA) is 94.8 Å². The second-order valence-electron chi connectivity index (χ2n) is 6.66. The van der Waals surface area contributed by atoms with E-state index in [2.05, 4.69) is 15.6 Å². The number of carbonyl (C=O) groups excluding carboxylic acids is 2. The molecule has 31 heavy (non-hydrogen) atoms. The fraction of sp³-hybridized carbons (Fsp3) is 0.182. The average molecular weight is 424 g/mol. The van der Waals surface area contributed by atoms with Crippen molar-refractivity contribution in [2.24, 2.45) is 5.10 Å². The first-order chi connectivity index (χ1) is 14.9. The molecule has 0 aliphatic heterocycles. The number of rotatable bonds is 7. The lowest BCUT2D eigenvalue weighted by molar-refractivity contribution is -0.121. The highest BCUT2D eigenvalue weighted by Crippen LogP contribution is 2.28. The predicted octanol–water partition coefficient (Wildman–Crippen LogP) is 3.02. The summed E-state index contributed by atoms with van der Waals surface area (Å²) in [5.74, 6) is -1.46. The zero-order valence-electron chi connectivity index (χ0n) is 17.3. The van der Waals surface area contributed by atoms with Crippen LogP contribution in [0.25, 0.3) is 0 Å². The van der Waals surface area contributed by atoms with Crippen molar-refractivity contribution >= 4 is 18.1 Å². The largest absolute Gasteiger partial charge is 0.493 e. The Labute approximate surface area is 178 Å². The highest BCUT2D eigenvalue weighted by molar-refractivity contribution is 5.92. The molecule has 2 aromatic carbocycles. The van der Waals surface area contributed by atoms with Crippen LogP contribution in [0.15, 0.2) is 53.6 Å². The van der Waals surface area contributed by atoms with E-state index >= 15 is 0 Å². The summed E-state index contributed by atoms with van der Waals surface area (Å²) in [7, 11) is 1.41. The first-order valence-electron chi connectivity index (χ1n) is 9.35. The lowest BCUT2D eigenvalue weighted by Crippen LogP contribution is -2.24. The first kappa shape index (κ1) is 21.7. The van der Waals surface area contributed by atoms with E-state index in [9.17, 15) is 14.0 Å². The molecule has 3 aromatic rings. The minimum absolute atomic E-state index is 0.0469. The van der Waals surface area contributed by atoms with Gasteiger partial charge < -0.3 is 9.47 Å². The number of esters is 1. The summed E-state index contributed by atoms with van der Waals surface area (Å²) < 4.78 is 25.8. The minimum atomic E-state index is -0.839. The molecular weight excluding hydrogens is 403 g/mol. The van der Waals surface area contributed by atoms with E-state index in [1.165, 1.54) is 37.6 Å². The summed E-state index contributed by atoms with van der Waals surface area (Å²) >= 11 is 0. The Morgan fingerprint density at radius 3 is 2.61 bits per heavy atom. The Morgan fingerprint density at radius 1 is 1.16 bits per heavy atom. The summed E-state index contributed by atoms with van der Waals surface area (Å²) in [4.78, 5) is 24.2. The van der Waals surface area contributed by atoms with Gasteiger partial charge in [0.1, 0.15) is 12.4 Å². The van der Waals surface area contributed by atoms with Crippen molar-refractivity contribution in [3.8, 4) is 11.5 Å². The first-order valence-corrected chi connectivity index (χ1v) is 9.35. The third-order valence-corrected chi connectivity index (χ3v) is 4.28. The van der Waals surface area contributed by atoms with E-state index < -0.39 is 11.8 Å². The van der Waals surface area contributed by atoms with Gasteiger partial charge in [0.2, 0.25) is 0 Å². The Morgan fingerprint density at radius 2 is 1.94 bits per heavy atom. The van der Waals surface area contributed by atoms with E-state index in [1.54, 1.807) is 22.9 Å². The highest BCUT2D eigenvalue weighted by atomic mass is 19.1. The minimum Gasteiger partial charge on any atom is -0.493 e. The number of ether oxygens (including phenoxy) is 2. The maximum atomic E-state index is 13.8. The summed E-state index contributed by atoms with van der Waals surface area (Å²) in [5, 5.41) is 8.14. The molecule has 1 aromatic heterocycles. The van der Waals surface area contributed by atoms with Gasteiger partial charge >= 0.3 is 5.97 Å². The molecular formula is C22H21FN4O4. The molecule has 9 heteroatoms. The number of aromatic nitrogens is 2. The van der Waals surface area contributed by atoms with E-state index in [0.717, 1.165) is 11.4 Å². The van der Waals surface area contributed by atoms with Crippen LogP contribution in [0.1, 0.15) is 27.3 Å². The van der Waals surface area contributed by atoms with Crippen LogP contribution in [0, 0.1) is 19.7 Å². The number of halogens is 1. The quantitative estimate of drug-likeness (QED) is 0.272. The second kappa shape index (κ2) is 9.66. The fourth-order valence-electron chi connectivity index (χ4n) is 2.82. The van der Waals surface area contributed by atoms with Gasteiger partial charge in [0.05, 0.1) is 24.6 Å². The molecule has 0 atom stereocenters. The molecule has 8 nitrogen and oxygen atoms in total. The predicted molar refractivity (Wildman–Crippen MR) is 112 cm³/mol. The van der Waals surface area contributed by atoms with Gasteiger partial charge in [-0.3, -0.25) is 9.48 Å². The molecule has 0 aliphatic carbocycles. The maximum Gasteiger partial charge on any atom is 0.346 e. The molecule has 0 spiro atoms. The Kier molecular flexibility index (Phi) is 6.76. The van der Waals surface area contributed by atoms with Gasteiger partial charge in [0.25, 0.3) is 5.91 Å². The van der Waals surface area contributed by atoms with Crippen LogP contribution in [0.5, 0.6) is 11.5 Å². The summed E-state index contributed by atoms with van der Waals surface area (Å²) in [5.41, 5.74) is 4.55. The molecule has 0 fully saturated rings. The molecule has 0 aliphatic rings. The lowest BCUT2D eigenvalue weighted by atomic mass is 10.2. The number of amides is 1. The Bertz CT molecular complexity index is 1140. The molecule has 0 saturated heterocycles. The average Bonchev–Trinajstić information content (AvgIpc) is 3.05. The number of hydrogen-bond donors (Lipinski definition) is 1. The zero-order chi connectivity index (χ0) is 22.4. The van der Waals surface area contributed by atoms with E-state index in [1.807, 2.05) is 19.9 Å². The van der Waals surface area contributed by atoms with E-state index in [0.29, 0.717) is 5.56 Å². The number of aryl methyl sites for hydroxylation is 2. The monoisotopic (exact) mass is 424 g/mol. The standard InChI is InChI=1S/C22H21FN4O4/c1-14-10-15(2)27(26-14)13-21(28)25-24-12-16-8-9-19(20(11-16)30-3)31-22(29)17-6-4-5-7-18(17)23/h4-12H,13H2,1-3H3,(H,25,28)/b24-12+. The smallest absolute Gasteiger partial charge is 0.346 e. The van der Waals surface area contributed by atoms with Gasteiger partial charge in [0, 0.05) is 5.69 Å². The van der Waals surface area contributed by atoms with Gasteiger partial charge in [-0.2, -0.15) is 10.2 Å². The normalized spacial score (nSPS) is 10.8. The highest BCUT2D eigenvalue weighted by Gasteiger charge is 2.16. The maximum absolute atomic E-state index is 13.8. The van der Waals surface area contributed by atoms with Crippen molar-refractivity contribution in [1.29, 1.82) is 0 Å². The molecule has 0 bridgehead atoms. The van der Waals surface area contributed by atoms with Gasteiger partial charge in [-0.25, -0.2) is 14.6 Å². The summed E-state index contributed by atoms with van der Waals surface area (Å²) in [6, 6.07) is 12.1. The van der Waals surface area contributed by atoms with Crippen LogP contribution >= 0.6 is 0 Å². The Balaban J connectivity index is 1.64. The number of methoxy groups -OCH3 is 1. The van der Waals surface area contributed by atoms with Gasteiger partial charge in [-0.1, -0.05) is 12.1 Å². The molecule has 1 amide bonds. The molecule has 160 valence electrons. The zero-order valence-corrected chi connectivity index (χ0v) is 17.3. The molecule has 1 N–H and O–H groups in total. The summed E-state index contributed by atoms with van der Waals surface area (Å²) in [6.45, 7) is 3.76.